The molecule has 9 heteroatoms. The van der Waals surface area contributed by atoms with Crippen LogP contribution in [0.25, 0.3) is 11.1 Å². The van der Waals surface area contributed by atoms with Gasteiger partial charge in [0.1, 0.15) is 5.75 Å². The third-order valence-electron chi connectivity index (χ3n) is 5.08. The second-order valence-corrected chi connectivity index (χ2v) is 8.69. The van der Waals surface area contributed by atoms with Crippen molar-refractivity contribution in [3.05, 3.63) is 59.1 Å². The summed E-state index contributed by atoms with van der Waals surface area (Å²) in [5, 5.41) is 0. The summed E-state index contributed by atoms with van der Waals surface area (Å²) in [6.07, 6.45) is 0. The molecule has 0 amide bonds. The van der Waals surface area contributed by atoms with Crippen molar-refractivity contribution in [2.75, 3.05) is 33.3 Å². The van der Waals surface area contributed by atoms with Crippen LogP contribution in [0.5, 0.6) is 5.75 Å². The zero-order valence-corrected chi connectivity index (χ0v) is 16.3. The molecule has 1 saturated heterocycles. The maximum absolute atomic E-state index is 12.8. The second-order valence-electron chi connectivity index (χ2n) is 6.75. The predicted molar refractivity (Wildman–Crippen MR) is 103 cm³/mol. The number of nitrogens with zero attached hydrogens (tertiary/aromatic N) is 2. The Balaban J connectivity index is 1.45. The van der Waals surface area contributed by atoms with E-state index in [4.69, 9.17) is 9.15 Å². The molecule has 0 spiro atoms. The number of piperazine rings is 1. The molecule has 28 heavy (non-hydrogen) atoms. The minimum atomic E-state index is -3.54. The second kappa shape index (κ2) is 7.42. The van der Waals surface area contributed by atoms with E-state index < -0.39 is 10.0 Å². The van der Waals surface area contributed by atoms with E-state index in [-0.39, 0.29) is 10.7 Å². The molecule has 0 saturated carbocycles. The van der Waals surface area contributed by atoms with Gasteiger partial charge in [-0.3, -0.25) is 0 Å². The summed E-state index contributed by atoms with van der Waals surface area (Å²) in [5.41, 5.74) is 1.32. The van der Waals surface area contributed by atoms with Crippen LogP contribution in [0.3, 0.4) is 0 Å². The Bertz CT molecular complexity index is 1130. The first-order chi connectivity index (χ1) is 13.5. The highest BCUT2D eigenvalue weighted by molar-refractivity contribution is 7.89. The maximum atomic E-state index is 12.8. The van der Waals surface area contributed by atoms with E-state index in [0.717, 1.165) is 10.4 Å². The molecular weight excluding hydrogens is 382 g/mol. The van der Waals surface area contributed by atoms with Crippen LogP contribution in [0, 0.1) is 0 Å². The van der Waals surface area contributed by atoms with Gasteiger partial charge >= 0.3 is 5.76 Å². The Morgan fingerprint density at radius 3 is 2.43 bits per heavy atom. The number of oxazole rings is 1. The van der Waals surface area contributed by atoms with E-state index in [1.807, 2.05) is 18.2 Å². The molecule has 0 atom stereocenters. The quantitative estimate of drug-likeness (QED) is 0.654. The number of rotatable bonds is 5. The molecule has 0 radical (unpaired) electrons. The Hall–Kier alpha value is -2.62. The van der Waals surface area contributed by atoms with E-state index >= 15 is 0 Å². The van der Waals surface area contributed by atoms with Gasteiger partial charge in [-0.15, -0.1) is 0 Å². The highest BCUT2D eigenvalue weighted by Gasteiger charge is 2.31. The zero-order valence-electron chi connectivity index (χ0n) is 15.5. The van der Waals surface area contributed by atoms with Crippen LogP contribution in [0.1, 0.15) is 0 Å². The molecule has 2 aromatic carbocycles. The molecule has 1 aliphatic heterocycles. The van der Waals surface area contributed by atoms with Crippen molar-refractivity contribution < 1.29 is 22.5 Å². The van der Waals surface area contributed by atoms with Gasteiger partial charge in [0, 0.05) is 0 Å². The number of methoxy groups -OCH3 is 1. The lowest BCUT2D eigenvalue weighted by molar-refractivity contribution is -0.926. The van der Waals surface area contributed by atoms with Gasteiger partial charge in [-0.1, -0.05) is 12.1 Å². The summed E-state index contributed by atoms with van der Waals surface area (Å²) in [7, 11) is -2.00. The van der Waals surface area contributed by atoms with Gasteiger partial charge in [-0.05, 0) is 36.4 Å². The monoisotopic (exact) mass is 404 g/mol. The van der Waals surface area contributed by atoms with Gasteiger partial charge in [-0.25, -0.2) is 17.8 Å². The Morgan fingerprint density at radius 1 is 1.07 bits per heavy atom. The first-order valence-electron chi connectivity index (χ1n) is 9.05. The number of para-hydroxylation sites is 2. The largest absolute Gasteiger partial charge is 0.497 e. The molecule has 0 aliphatic carbocycles. The van der Waals surface area contributed by atoms with Crippen molar-refractivity contribution >= 4 is 21.1 Å². The van der Waals surface area contributed by atoms with E-state index in [1.54, 1.807) is 42.0 Å². The van der Waals surface area contributed by atoms with Crippen LogP contribution in [0.15, 0.2) is 62.6 Å². The van der Waals surface area contributed by atoms with Crippen molar-refractivity contribution in [3.8, 4) is 5.75 Å². The fourth-order valence-electron chi connectivity index (χ4n) is 3.48. The summed E-state index contributed by atoms with van der Waals surface area (Å²) < 4.78 is 39.1. The number of ether oxygens (including phenoxy) is 1. The van der Waals surface area contributed by atoms with Crippen molar-refractivity contribution in [2.24, 2.45) is 0 Å². The van der Waals surface area contributed by atoms with Gasteiger partial charge in [0.2, 0.25) is 10.0 Å². The summed E-state index contributed by atoms with van der Waals surface area (Å²) in [6.45, 7) is 2.47. The van der Waals surface area contributed by atoms with Crippen molar-refractivity contribution in [3.63, 3.8) is 0 Å². The van der Waals surface area contributed by atoms with Gasteiger partial charge in [0.25, 0.3) is 0 Å². The molecule has 1 aromatic heterocycles. The average molecular weight is 404 g/mol. The number of benzene rings is 2. The van der Waals surface area contributed by atoms with Crippen LogP contribution in [0.2, 0.25) is 0 Å². The Kier molecular flexibility index (Phi) is 4.96. The van der Waals surface area contributed by atoms with Crippen molar-refractivity contribution in [2.45, 2.75) is 11.6 Å². The Morgan fingerprint density at radius 2 is 1.75 bits per heavy atom. The maximum Gasteiger partial charge on any atom is 0.424 e. The van der Waals surface area contributed by atoms with Gasteiger partial charge in [-0.2, -0.15) is 4.31 Å². The number of nitrogens with one attached hydrogen (secondary N) is 1. The van der Waals surface area contributed by atoms with Gasteiger partial charge in [0.05, 0.1) is 43.7 Å². The first kappa shape index (κ1) is 18.7. The third kappa shape index (κ3) is 3.44. The fraction of sp³-hybridized carbons (Fsp3) is 0.316. The number of quaternary nitrogens is 1. The molecule has 1 fully saturated rings. The summed E-state index contributed by atoms with van der Waals surface area (Å²) in [6, 6.07) is 13.7. The van der Waals surface area contributed by atoms with E-state index in [9.17, 15) is 13.2 Å². The third-order valence-corrected chi connectivity index (χ3v) is 7.00. The van der Waals surface area contributed by atoms with E-state index in [1.165, 1.54) is 4.31 Å². The molecule has 4 rings (SSSR count). The molecular formula is C19H22N3O5S+. The van der Waals surface area contributed by atoms with Crippen LogP contribution in [-0.2, 0) is 16.7 Å². The minimum absolute atomic E-state index is 0.258. The lowest BCUT2D eigenvalue weighted by atomic mass is 10.3. The summed E-state index contributed by atoms with van der Waals surface area (Å²) in [4.78, 5) is 13.5. The van der Waals surface area contributed by atoms with E-state index in [0.29, 0.717) is 44.2 Å². The van der Waals surface area contributed by atoms with Gasteiger partial charge in [0.15, 0.2) is 12.3 Å². The molecule has 0 bridgehead atoms. The normalized spacial score (nSPS) is 16.5. The first-order valence-corrected chi connectivity index (χ1v) is 10.5. The highest BCUT2D eigenvalue weighted by Crippen LogP contribution is 2.19. The number of hydrogen-bond acceptors (Lipinski definition) is 5. The summed E-state index contributed by atoms with van der Waals surface area (Å²) in [5.74, 6) is 0.230. The SMILES string of the molecule is COc1ccc(S(=O)(=O)N2CC[NH+](Cn3c(=O)oc4ccccc43)CC2)cc1. The number of hydrogen-bond donors (Lipinski definition) is 1. The van der Waals surface area contributed by atoms with Crippen LogP contribution in [0.4, 0.5) is 0 Å². The number of sulfonamides is 1. The molecule has 1 aliphatic rings. The van der Waals surface area contributed by atoms with Crippen molar-refractivity contribution in [1.29, 1.82) is 0 Å². The number of aromatic nitrogens is 1. The molecule has 1 N–H and O–H groups in total. The topological polar surface area (TPSA) is 86.2 Å². The lowest BCUT2D eigenvalue weighted by Gasteiger charge is -2.31. The molecule has 0 unspecified atom stereocenters. The molecule has 2 heterocycles. The smallest absolute Gasteiger partial charge is 0.424 e. The van der Waals surface area contributed by atoms with Crippen molar-refractivity contribution in [1.82, 2.24) is 8.87 Å². The van der Waals surface area contributed by atoms with E-state index in [2.05, 4.69) is 0 Å². The molecule has 148 valence electrons. The van der Waals surface area contributed by atoms with Crippen LogP contribution in [-0.4, -0.2) is 50.6 Å². The summed E-state index contributed by atoms with van der Waals surface area (Å²) >= 11 is 0. The number of fused-ring (bicyclic) bond motifs is 1. The fourth-order valence-corrected chi connectivity index (χ4v) is 4.93. The lowest BCUT2D eigenvalue weighted by Crippen LogP contribution is -3.14. The van der Waals surface area contributed by atoms with Crippen LogP contribution < -0.4 is 15.4 Å². The molecule has 8 nitrogen and oxygen atoms in total. The van der Waals surface area contributed by atoms with Gasteiger partial charge < -0.3 is 14.1 Å². The predicted octanol–water partition coefficient (Wildman–Crippen LogP) is 0.150. The van der Waals surface area contributed by atoms with Crippen LogP contribution >= 0.6 is 0 Å². The molecule has 3 aromatic rings. The highest BCUT2D eigenvalue weighted by atomic mass is 32.2. The average Bonchev–Trinajstić information content (AvgIpc) is 3.04. The Labute approximate surface area is 162 Å². The standard InChI is InChI=1S/C19H21N3O5S/c1-26-15-6-8-16(9-7-15)28(24,25)21-12-10-20(11-13-21)14-22-17-4-2-3-5-18(17)27-19(22)23/h2-9H,10-14H2,1H3/p+1. The minimum Gasteiger partial charge on any atom is -0.497 e. The zero-order chi connectivity index (χ0) is 19.7.